The molecule has 3 rings (SSSR count). The third-order valence-electron chi connectivity index (χ3n) is 3.99. The van der Waals surface area contributed by atoms with Crippen molar-refractivity contribution in [2.24, 2.45) is 11.8 Å². The number of esters is 1. The second-order valence-corrected chi connectivity index (χ2v) is 5.41. The van der Waals surface area contributed by atoms with Crippen molar-refractivity contribution in [3.63, 3.8) is 0 Å². The fourth-order valence-electron chi connectivity index (χ4n) is 2.83. The van der Waals surface area contributed by atoms with Crippen LogP contribution in [-0.2, 0) is 9.53 Å². The zero-order valence-corrected chi connectivity index (χ0v) is 10.9. The molecule has 4 nitrogen and oxygen atoms in total. The fourth-order valence-corrected chi connectivity index (χ4v) is 2.83. The van der Waals surface area contributed by atoms with Crippen LogP contribution in [0.2, 0.25) is 0 Å². The number of ether oxygens (including phenoxy) is 2. The van der Waals surface area contributed by atoms with E-state index in [4.69, 9.17) is 9.47 Å². The summed E-state index contributed by atoms with van der Waals surface area (Å²) in [6.45, 7) is 1.69. The number of carbonyl (C=O) groups is 1. The van der Waals surface area contributed by atoms with E-state index in [9.17, 15) is 9.90 Å². The first kappa shape index (κ1) is 12.5. The first-order valence-corrected chi connectivity index (χ1v) is 6.75. The molecule has 0 saturated heterocycles. The summed E-state index contributed by atoms with van der Waals surface area (Å²) in [6.07, 6.45) is 0.492. The summed E-state index contributed by atoms with van der Waals surface area (Å²) in [5.74, 6) is 1.02. The van der Waals surface area contributed by atoms with Gasteiger partial charge < -0.3 is 14.6 Å². The molecule has 102 valence electrons. The summed E-state index contributed by atoms with van der Waals surface area (Å²) in [5, 5.41) is 9.67. The zero-order valence-electron chi connectivity index (χ0n) is 10.9. The highest BCUT2D eigenvalue weighted by atomic mass is 16.6. The maximum Gasteiger partial charge on any atom is 0.347 e. The van der Waals surface area contributed by atoms with Gasteiger partial charge in [-0.2, -0.15) is 0 Å². The standard InChI is InChI=1S/C15H18O4/c1-9(18-10-5-3-2-4-6-10)15(17)19-14-8-13(16)11-7-12(11)14/h2-6,9,11-14,16H,7-8H2,1H3/t9-,11+,12-,13+,14-/m1/s1. The Labute approximate surface area is 112 Å². The molecule has 1 aromatic rings. The molecule has 0 aromatic heterocycles. The summed E-state index contributed by atoms with van der Waals surface area (Å²) in [5.41, 5.74) is 0. The van der Waals surface area contributed by atoms with Gasteiger partial charge in [0.1, 0.15) is 11.9 Å². The third kappa shape index (κ3) is 2.59. The molecule has 5 atom stereocenters. The van der Waals surface area contributed by atoms with Crippen LogP contribution >= 0.6 is 0 Å². The van der Waals surface area contributed by atoms with Gasteiger partial charge in [-0.15, -0.1) is 0 Å². The molecule has 19 heavy (non-hydrogen) atoms. The molecule has 0 spiro atoms. The van der Waals surface area contributed by atoms with Crippen molar-refractivity contribution in [1.82, 2.24) is 0 Å². The van der Waals surface area contributed by atoms with Gasteiger partial charge in [0.15, 0.2) is 6.10 Å². The number of hydrogen-bond acceptors (Lipinski definition) is 4. The maximum absolute atomic E-state index is 11.9. The number of hydrogen-bond donors (Lipinski definition) is 1. The van der Waals surface area contributed by atoms with Crippen LogP contribution in [0.1, 0.15) is 19.8 Å². The summed E-state index contributed by atoms with van der Waals surface area (Å²) in [6, 6.07) is 9.22. The van der Waals surface area contributed by atoms with Gasteiger partial charge in [-0.25, -0.2) is 4.79 Å². The van der Waals surface area contributed by atoms with Gasteiger partial charge in [0.2, 0.25) is 0 Å². The smallest absolute Gasteiger partial charge is 0.347 e. The van der Waals surface area contributed by atoms with Crippen LogP contribution in [0.25, 0.3) is 0 Å². The molecule has 0 radical (unpaired) electrons. The summed E-state index contributed by atoms with van der Waals surface area (Å²) < 4.78 is 11.0. The van der Waals surface area contributed by atoms with Crippen LogP contribution in [0.5, 0.6) is 5.75 Å². The molecule has 2 aliphatic carbocycles. The van der Waals surface area contributed by atoms with Crippen molar-refractivity contribution in [2.45, 2.75) is 38.1 Å². The molecule has 2 saturated carbocycles. The van der Waals surface area contributed by atoms with Crippen molar-refractivity contribution >= 4 is 5.97 Å². The number of para-hydroxylation sites is 1. The Morgan fingerprint density at radius 3 is 2.58 bits per heavy atom. The molecule has 1 N–H and O–H groups in total. The maximum atomic E-state index is 11.9. The quantitative estimate of drug-likeness (QED) is 0.840. The average molecular weight is 262 g/mol. The summed E-state index contributed by atoms with van der Waals surface area (Å²) >= 11 is 0. The van der Waals surface area contributed by atoms with E-state index in [1.165, 1.54) is 0 Å². The van der Waals surface area contributed by atoms with Gasteiger partial charge in [-0.3, -0.25) is 0 Å². The highest BCUT2D eigenvalue weighted by molar-refractivity contribution is 5.75. The van der Waals surface area contributed by atoms with Crippen molar-refractivity contribution < 1.29 is 19.4 Å². The second-order valence-electron chi connectivity index (χ2n) is 5.41. The van der Waals surface area contributed by atoms with Crippen LogP contribution in [0.3, 0.4) is 0 Å². The van der Waals surface area contributed by atoms with Crippen molar-refractivity contribution in [2.75, 3.05) is 0 Å². The van der Waals surface area contributed by atoms with Crippen LogP contribution in [0.15, 0.2) is 30.3 Å². The lowest BCUT2D eigenvalue weighted by Crippen LogP contribution is -2.30. The van der Waals surface area contributed by atoms with Crippen LogP contribution in [0, 0.1) is 11.8 Å². The molecule has 0 aliphatic heterocycles. The lowest BCUT2D eigenvalue weighted by molar-refractivity contribution is -0.157. The van der Waals surface area contributed by atoms with E-state index in [1.54, 1.807) is 19.1 Å². The van der Waals surface area contributed by atoms with E-state index in [0.29, 0.717) is 24.0 Å². The number of fused-ring (bicyclic) bond motifs is 1. The SMILES string of the molecule is C[C@@H](Oc1ccccc1)C(=O)O[C@@H]1C[C@H](O)[C@H]2C[C@H]21. The van der Waals surface area contributed by atoms with E-state index in [-0.39, 0.29) is 18.2 Å². The Hall–Kier alpha value is -1.55. The highest BCUT2D eigenvalue weighted by Crippen LogP contribution is 2.53. The molecular formula is C15H18O4. The minimum atomic E-state index is -0.627. The Morgan fingerprint density at radius 1 is 1.26 bits per heavy atom. The summed E-state index contributed by atoms with van der Waals surface area (Å²) in [4.78, 5) is 11.9. The molecular weight excluding hydrogens is 244 g/mol. The van der Waals surface area contributed by atoms with E-state index in [2.05, 4.69) is 0 Å². The minimum absolute atomic E-state index is 0.130. The van der Waals surface area contributed by atoms with E-state index in [1.807, 2.05) is 18.2 Å². The Balaban J connectivity index is 1.53. The number of aliphatic hydroxyl groups is 1. The normalized spacial score (nSPS) is 33.4. The average Bonchev–Trinajstić information content (AvgIpc) is 3.13. The van der Waals surface area contributed by atoms with E-state index in [0.717, 1.165) is 6.42 Å². The molecule has 2 aliphatic rings. The molecule has 2 fully saturated rings. The van der Waals surface area contributed by atoms with Gasteiger partial charge in [-0.05, 0) is 31.4 Å². The molecule has 0 bridgehead atoms. The second kappa shape index (κ2) is 4.85. The zero-order chi connectivity index (χ0) is 13.4. The van der Waals surface area contributed by atoms with Crippen LogP contribution in [0.4, 0.5) is 0 Å². The number of benzene rings is 1. The van der Waals surface area contributed by atoms with Crippen molar-refractivity contribution in [3.05, 3.63) is 30.3 Å². The van der Waals surface area contributed by atoms with Crippen LogP contribution < -0.4 is 4.74 Å². The van der Waals surface area contributed by atoms with Crippen molar-refractivity contribution in [3.8, 4) is 5.75 Å². The van der Waals surface area contributed by atoms with E-state index >= 15 is 0 Å². The number of carbonyl (C=O) groups excluding carboxylic acids is 1. The van der Waals surface area contributed by atoms with Gasteiger partial charge >= 0.3 is 5.97 Å². The van der Waals surface area contributed by atoms with Gasteiger partial charge in [0, 0.05) is 12.3 Å². The molecule has 0 unspecified atom stereocenters. The Bertz CT molecular complexity index is 458. The van der Waals surface area contributed by atoms with Crippen LogP contribution in [-0.4, -0.2) is 29.4 Å². The lowest BCUT2D eigenvalue weighted by atomic mass is 10.2. The summed E-state index contributed by atoms with van der Waals surface area (Å²) in [7, 11) is 0. The van der Waals surface area contributed by atoms with Crippen molar-refractivity contribution in [1.29, 1.82) is 0 Å². The minimum Gasteiger partial charge on any atom is -0.479 e. The first-order chi connectivity index (χ1) is 9.15. The number of aliphatic hydroxyl groups excluding tert-OH is 1. The fraction of sp³-hybridized carbons (Fsp3) is 0.533. The molecule has 1 aromatic carbocycles. The predicted molar refractivity (Wildman–Crippen MR) is 68.6 cm³/mol. The van der Waals surface area contributed by atoms with Gasteiger partial charge in [-0.1, -0.05) is 18.2 Å². The first-order valence-electron chi connectivity index (χ1n) is 6.75. The topological polar surface area (TPSA) is 55.8 Å². The Morgan fingerprint density at radius 2 is 2.00 bits per heavy atom. The Kier molecular flexibility index (Phi) is 3.19. The monoisotopic (exact) mass is 262 g/mol. The molecule has 0 heterocycles. The molecule has 0 amide bonds. The predicted octanol–water partition coefficient (Wildman–Crippen LogP) is 1.77. The van der Waals surface area contributed by atoms with Gasteiger partial charge in [0.25, 0.3) is 0 Å². The molecule has 4 heteroatoms. The lowest BCUT2D eigenvalue weighted by Gasteiger charge is -2.18. The largest absolute Gasteiger partial charge is 0.479 e. The third-order valence-corrected chi connectivity index (χ3v) is 3.99. The highest BCUT2D eigenvalue weighted by Gasteiger charge is 2.55. The van der Waals surface area contributed by atoms with Gasteiger partial charge in [0.05, 0.1) is 6.10 Å². The number of rotatable bonds is 4. The van der Waals surface area contributed by atoms with E-state index < -0.39 is 6.10 Å².